The zero-order chi connectivity index (χ0) is 14.9. The van der Waals surface area contributed by atoms with Crippen LogP contribution < -0.4 is 0 Å². The van der Waals surface area contributed by atoms with Gasteiger partial charge in [0.15, 0.2) is 0 Å². The molecular formula is C9H10ClN5O4S. The number of nitrogens with zero attached hydrogens (tertiary/aromatic N) is 5. The lowest BCUT2D eigenvalue weighted by molar-refractivity contribution is -0.392. The topological polar surface area (TPSA) is 113 Å². The highest BCUT2D eigenvalue weighted by Crippen LogP contribution is 2.25. The number of hydrogen-bond acceptors (Lipinski definition) is 6. The molecule has 11 heteroatoms. The fraction of sp³-hybridized carbons (Fsp3) is 0.333. The molecule has 0 aliphatic heterocycles. The van der Waals surface area contributed by atoms with Crippen molar-refractivity contribution in [1.82, 2.24) is 19.6 Å². The van der Waals surface area contributed by atoms with Crippen LogP contribution in [0, 0.1) is 10.1 Å². The van der Waals surface area contributed by atoms with Gasteiger partial charge in [0.25, 0.3) is 9.05 Å². The third kappa shape index (κ3) is 2.96. The Hall–Kier alpha value is -1.94. The summed E-state index contributed by atoms with van der Waals surface area (Å²) in [6, 6.07) is 1.79. The van der Waals surface area contributed by atoms with Crippen LogP contribution in [0.4, 0.5) is 5.82 Å². The molecule has 0 saturated heterocycles. The zero-order valence-electron chi connectivity index (χ0n) is 10.3. The van der Waals surface area contributed by atoms with E-state index in [2.05, 4.69) is 10.2 Å². The van der Waals surface area contributed by atoms with E-state index in [9.17, 15) is 18.5 Å². The van der Waals surface area contributed by atoms with Crippen molar-refractivity contribution in [3.05, 3.63) is 34.3 Å². The number of hydrogen-bond donors (Lipinski definition) is 0. The lowest BCUT2D eigenvalue weighted by Gasteiger charge is -1.99. The van der Waals surface area contributed by atoms with Crippen LogP contribution in [0.15, 0.2) is 23.4 Å². The van der Waals surface area contributed by atoms with Crippen molar-refractivity contribution in [1.29, 1.82) is 0 Å². The predicted molar refractivity (Wildman–Crippen MR) is 68.8 cm³/mol. The zero-order valence-corrected chi connectivity index (χ0v) is 11.9. The van der Waals surface area contributed by atoms with E-state index in [-0.39, 0.29) is 6.54 Å². The third-order valence-corrected chi connectivity index (χ3v) is 3.98. The first kappa shape index (κ1) is 14.5. The van der Waals surface area contributed by atoms with E-state index in [1.165, 1.54) is 4.68 Å². The van der Waals surface area contributed by atoms with E-state index in [4.69, 9.17) is 10.7 Å². The smallest absolute Gasteiger partial charge is 0.358 e. The molecule has 2 aromatic heterocycles. The van der Waals surface area contributed by atoms with Crippen LogP contribution in [0.2, 0.25) is 0 Å². The van der Waals surface area contributed by atoms with Crippen LogP contribution in [-0.4, -0.2) is 32.9 Å². The van der Waals surface area contributed by atoms with Crippen molar-refractivity contribution in [3.63, 3.8) is 0 Å². The summed E-state index contributed by atoms with van der Waals surface area (Å²) >= 11 is 0. The fourth-order valence-corrected chi connectivity index (χ4v) is 2.59. The van der Waals surface area contributed by atoms with Crippen LogP contribution >= 0.6 is 10.7 Å². The SMILES string of the molecule is Cn1nccc1CCn1cc(S(=O)(=O)Cl)c([N+](=O)[O-])n1. The second-order valence-corrected chi connectivity index (χ2v) is 6.51. The van der Waals surface area contributed by atoms with Gasteiger partial charge < -0.3 is 10.1 Å². The number of aryl methyl sites for hydroxylation is 3. The Morgan fingerprint density at radius 2 is 2.20 bits per heavy atom. The highest BCUT2D eigenvalue weighted by molar-refractivity contribution is 8.13. The van der Waals surface area contributed by atoms with Gasteiger partial charge in [-0.2, -0.15) is 9.78 Å². The molecule has 2 heterocycles. The third-order valence-electron chi connectivity index (χ3n) is 2.66. The van der Waals surface area contributed by atoms with E-state index < -0.39 is 24.7 Å². The summed E-state index contributed by atoms with van der Waals surface area (Å²) in [5.41, 5.74) is 0.887. The van der Waals surface area contributed by atoms with Crippen LogP contribution in [0.1, 0.15) is 5.69 Å². The molecule has 0 amide bonds. The Labute approximate surface area is 118 Å². The quantitative estimate of drug-likeness (QED) is 0.455. The van der Waals surface area contributed by atoms with Crippen LogP contribution in [0.5, 0.6) is 0 Å². The largest absolute Gasteiger partial charge is 0.410 e. The minimum atomic E-state index is -4.21. The van der Waals surface area contributed by atoms with Crippen LogP contribution in [0.25, 0.3) is 0 Å². The molecule has 0 spiro atoms. The van der Waals surface area contributed by atoms with E-state index in [1.807, 2.05) is 0 Å². The Kier molecular flexibility index (Phi) is 3.77. The van der Waals surface area contributed by atoms with Gasteiger partial charge in [0.05, 0.1) is 17.8 Å². The minimum absolute atomic E-state index is 0.271. The summed E-state index contributed by atoms with van der Waals surface area (Å²) in [5.74, 6) is -0.773. The maximum absolute atomic E-state index is 11.3. The average Bonchev–Trinajstić information content (AvgIpc) is 2.91. The maximum atomic E-state index is 11.3. The van der Waals surface area contributed by atoms with Gasteiger partial charge in [-0.1, -0.05) is 0 Å². The molecule has 0 aromatic carbocycles. The molecular weight excluding hydrogens is 310 g/mol. The van der Waals surface area contributed by atoms with Crippen molar-refractivity contribution in [3.8, 4) is 0 Å². The predicted octanol–water partition coefficient (Wildman–Crippen LogP) is 0.695. The highest BCUT2D eigenvalue weighted by atomic mass is 35.7. The van der Waals surface area contributed by atoms with Gasteiger partial charge in [-0.05, 0) is 11.0 Å². The molecule has 0 bridgehead atoms. The summed E-state index contributed by atoms with van der Waals surface area (Å²) in [6.07, 6.45) is 3.17. The normalized spacial score (nSPS) is 11.7. The maximum Gasteiger partial charge on any atom is 0.410 e. The van der Waals surface area contributed by atoms with Crippen molar-refractivity contribution >= 4 is 25.6 Å². The van der Waals surface area contributed by atoms with Crippen molar-refractivity contribution in [2.24, 2.45) is 7.05 Å². The molecule has 0 saturated carbocycles. The van der Waals surface area contributed by atoms with E-state index >= 15 is 0 Å². The van der Waals surface area contributed by atoms with E-state index in [0.717, 1.165) is 11.9 Å². The second-order valence-electron chi connectivity index (χ2n) is 3.97. The summed E-state index contributed by atoms with van der Waals surface area (Å²) in [5, 5.41) is 18.4. The molecule has 0 aliphatic carbocycles. The van der Waals surface area contributed by atoms with Crippen molar-refractivity contribution in [2.75, 3.05) is 0 Å². The van der Waals surface area contributed by atoms with Crippen LogP contribution in [-0.2, 0) is 29.1 Å². The van der Waals surface area contributed by atoms with Gasteiger partial charge >= 0.3 is 5.82 Å². The van der Waals surface area contributed by atoms with Gasteiger partial charge in [-0.25, -0.2) is 8.42 Å². The van der Waals surface area contributed by atoms with Crippen molar-refractivity contribution < 1.29 is 13.3 Å². The lowest BCUT2D eigenvalue weighted by atomic mass is 10.3. The average molecular weight is 320 g/mol. The van der Waals surface area contributed by atoms with Gasteiger partial charge in [0.2, 0.25) is 4.90 Å². The van der Waals surface area contributed by atoms with E-state index in [0.29, 0.717) is 6.42 Å². The van der Waals surface area contributed by atoms with Gasteiger partial charge in [-0.3, -0.25) is 4.68 Å². The first-order valence-corrected chi connectivity index (χ1v) is 7.73. The molecule has 108 valence electrons. The molecule has 0 fully saturated rings. The van der Waals surface area contributed by atoms with Gasteiger partial charge in [-0.15, -0.1) is 0 Å². The Morgan fingerprint density at radius 3 is 2.65 bits per heavy atom. The molecule has 0 radical (unpaired) electrons. The second kappa shape index (κ2) is 5.21. The summed E-state index contributed by atoms with van der Waals surface area (Å²) in [4.78, 5) is 9.28. The lowest BCUT2D eigenvalue weighted by Crippen LogP contribution is -2.06. The molecule has 0 N–H and O–H groups in total. The fourth-order valence-electron chi connectivity index (χ4n) is 1.68. The van der Waals surface area contributed by atoms with Gasteiger partial charge in [0.1, 0.15) is 0 Å². The molecule has 0 unspecified atom stereocenters. The minimum Gasteiger partial charge on any atom is -0.358 e. The first-order chi connectivity index (χ1) is 9.29. The van der Waals surface area contributed by atoms with E-state index in [1.54, 1.807) is 24.0 Å². The Morgan fingerprint density at radius 1 is 1.50 bits per heavy atom. The van der Waals surface area contributed by atoms with Gasteiger partial charge in [0, 0.05) is 36.0 Å². The van der Waals surface area contributed by atoms with Crippen LogP contribution in [0.3, 0.4) is 0 Å². The highest BCUT2D eigenvalue weighted by Gasteiger charge is 2.29. The summed E-state index contributed by atoms with van der Waals surface area (Å²) < 4.78 is 25.3. The Balaban J connectivity index is 2.26. The van der Waals surface area contributed by atoms with Crippen molar-refractivity contribution in [2.45, 2.75) is 17.9 Å². The monoisotopic (exact) mass is 319 g/mol. The number of nitro groups is 1. The number of rotatable bonds is 5. The molecule has 2 rings (SSSR count). The number of halogens is 1. The molecule has 0 atom stereocenters. The summed E-state index contributed by atoms with van der Waals surface area (Å²) in [7, 11) is 2.70. The number of aromatic nitrogens is 4. The molecule has 20 heavy (non-hydrogen) atoms. The molecule has 0 aliphatic rings. The molecule has 2 aromatic rings. The Bertz CT molecular complexity index is 750. The molecule has 9 nitrogen and oxygen atoms in total. The summed E-state index contributed by atoms with van der Waals surface area (Å²) in [6.45, 7) is 0.271. The first-order valence-electron chi connectivity index (χ1n) is 5.42. The standard InChI is InChI=1S/C9H10ClN5O4S/c1-13-7(2-4-11-13)3-5-14-6-8(20(10,18)19)9(12-14)15(16)17/h2,4,6H,3,5H2,1H3.